The fourth-order valence-electron chi connectivity index (χ4n) is 3.38. The highest BCUT2D eigenvalue weighted by atomic mass is 19.1. The maximum atomic E-state index is 13.0. The Morgan fingerprint density at radius 1 is 1.30 bits per heavy atom. The van der Waals surface area contributed by atoms with Crippen LogP contribution >= 0.6 is 0 Å². The van der Waals surface area contributed by atoms with Crippen LogP contribution in [0, 0.1) is 5.82 Å². The lowest BCUT2D eigenvalue weighted by Gasteiger charge is -2.28. The largest absolute Gasteiger partial charge is 0.387 e. The van der Waals surface area contributed by atoms with Gasteiger partial charge in [0.05, 0.1) is 6.04 Å². The summed E-state index contributed by atoms with van der Waals surface area (Å²) >= 11 is 0. The quantitative estimate of drug-likeness (QED) is 0.715. The summed E-state index contributed by atoms with van der Waals surface area (Å²) in [5.41, 5.74) is 0.882. The van der Waals surface area contributed by atoms with Gasteiger partial charge in [0.15, 0.2) is 0 Å². The van der Waals surface area contributed by atoms with Crippen LogP contribution in [0.4, 0.5) is 4.39 Å². The van der Waals surface area contributed by atoms with Gasteiger partial charge in [0.1, 0.15) is 12.4 Å². The van der Waals surface area contributed by atoms with E-state index in [4.69, 9.17) is 5.11 Å². The molecule has 0 unspecified atom stereocenters. The minimum Gasteiger partial charge on any atom is -0.387 e. The number of nitrogens with one attached hydrogen (secondary N) is 1. The zero-order chi connectivity index (χ0) is 19.8. The fraction of sp³-hybridized carbons (Fsp3) is 0.500. The summed E-state index contributed by atoms with van der Waals surface area (Å²) in [6.07, 6.45) is 4.34. The average Bonchev–Trinajstić information content (AvgIpc) is 3.06. The molecule has 1 saturated heterocycles. The lowest BCUT2D eigenvalue weighted by Crippen LogP contribution is -2.45. The maximum Gasteiger partial charge on any atom is 0.245 e. The molecular weight excluding hydrogens is 349 g/mol. The van der Waals surface area contributed by atoms with Crippen LogP contribution in [0.1, 0.15) is 25.8 Å². The van der Waals surface area contributed by atoms with Gasteiger partial charge in [-0.1, -0.05) is 24.3 Å². The molecule has 148 valence electrons. The SMILES string of the molecule is CCN(CC)C(=O)[C@@H]1C[C@@H](NC(=O)CO)CN1C/C=C/c1ccc(F)cc1. The molecule has 1 aromatic carbocycles. The van der Waals surface area contributed by atoms with Crippen molar-refractivity contribution in [2.75, 3.05) is 32.8 Å². The molecule has 1 aromatic rings. The molecule has 0 bridgehead atoms. The Hall–Kier alpha value is -2.25. The third-order valence-electron chi connectivity index (χ3n) is 4.79. The molecule has 0 aliphatic carbocycles. The smallest absolute Gasteiger partial charge is 0.245 e. The molecule has 2 amide bonds. The van der Waals surface area contributed by atoms with E-state index in [2.05, 4.69) is 5.32 Å². The molecular formula is C20H28FN3O3. The molecule has 1 fully saturated rings. The second-order valence-electron chi connectivity index (χ2n) is 6.59. The molecule has 2 N–H and O–H groups in total. The lowest BCUT2D eigenvalue weighted by atomic mass is 10.1. The van der Waals surface area contributed by atoms with Gasteiger partial charge in [0.2, 0.25) is 11.8 Å². The second kappa shape index (κ2) is 10.2. The van der Waals surface area contributed by atoms with E-state index >= 15 is 0 Å². The first-order valence-corrected chi connectivity index (χ1v) is 9.33. The zero-order valence-corrected chi connectivity index (χ0v) is 15.9. The number of likely N-dealkylation sites (N-methyl/N-ethyl adjacent to an activating group) is 1. The summed E-state index contributed by atoms with van der Waals surface area (Å²) < 4.78 is 13.0. The van der Waals surface area contributed by atoms with Crippen LogP contribution in [-0.4, -0.2) is 71.6 Å². The lowest BCUT2D eigenvalue weighted by molar-refractivity contribution is -0.135. The molecule has 1 aliphatic rings. The Labute approximate surface area is 159 Å². The average molecular weight is 377 g/mol. The number of benzene rings is 1. The van der Waals surface area contributed by atoms with Gasteiger partial charge >= 0.3 is 0 Å². The number of rotatable bonds is 8. The van der Waals surface area contributed by atoms with E-state index in [0.717, 1.165) is 5.56 Å². The van der Waals surface area contributed by atoms with E-state index in [9.17, 15) is 14.0 Å². The van der Waals surface area contributed by atoms with Crippen LogP contribution in [-0.2, 0) is 9.59 Å². The molecule has 0 radical (unpaired) electrons. The highest BCUT2D eigenvalue weighted by molar-refractivity contribution is 5.83. The predicted molar refractivity (Wildman–Crippen MR) is 102 cm³/mol. The number of likely N-dealkylation sites (tertiary alicyclic amines) is 1. The number of halogens is 1. The molecule has 1 aliphatic heterocycles. The predicted octanol–water partition coefficient (Wildman–Crippen LogP) is 1.26. The number of carbonyl (C=O) groups is 2. The van der Waals surface area contributed by atoms with Crippen LogP contribution in [0.15, 0.2) is 30.3 Å². The molecule has 6 nitrogen and oxygen atoms in total. The van der Waals surface area contributed by atoms with Crippen LogP contribution in [0.25, 0.3) is 6.08 Å². The molecule has 2 rings (SSSR count). The number of aliphatic hydroxyl groups excluding tert-OH is 1. The first-order valence-electron chi connectivity index (χ1n) is 9.33. The molecule has 7 heteroatoms. The Morgan fingerprint density at radius 3 is 2.56 bits per heavy atom. The minimum atomic E-state index is -0.560. The highest BCUT2D eigenvalue weighted by Crippen LogP contribution is 2.20. The maximum absolute atomic E-state index is 13.0. The van der Waals surface area contributed by atoms with Gasteiger partial charge in [-0.3, -0.25) is 14.5 Å². The van der Waals surface area contributed by atoms with Crippen LogP contribution < -0.4 is 5.32 Å². The van der Waals surface area contributed by atoms with Crippen molar-refractivity contribution in [2.45, 2.75) is 32.4 Å². The van der Waals surface area contributed by atoms with E-state index < -0.39 is 12.5 Å². The number of carbonyl (C=O) groups excluding carboxylic acids is 2. The van der Waals surface area contributed by atoms with Crippen molar-refractivity contribution >= 4 is 17.9 Å². The van der Waals surface area contributed by atoms with Crippen molar-refractivity contribution in [1.82, 2.24) is 15.1 Å². The van der Waals surface area contributed by atoms with Crippen LogP contribution in [0.2, 0.25) is 0 Å². The Kier molecular flexibility index (Phi) is 7.94. The van der Waals surface area contributed by atoms with E-state index in [0.29, 0.717) is 32.6 Å². The van der Waals surface area contributed by atoms with Gasteiger partial charge < -0.3 is 15.3 Å². The monoisotopic (exact) mass is 377 g/mol. The molecule has 27 heavy (non-hydrogen) atoms. The van der Waals surface area contributed by atoms with Gasteiger partial charge in [-0.25, -0.2) is 4.39 Å². The Balaban J connectivity index is 2.07. The van der Waals surface area contributed by atoms with Crippen LogP contribution in [0.5, 0.6) is 0 Å². The number of aliphatic hydroxyl groups is 1. The van der Waals surface area contributed by atoms with E-state index in [-0.39, 0.29) is 23.8 Å². The van der Waals surface area contributed by atoms with Crippen LogP contribution in [0.3, 0.4) is 0 Å². The van der Waals surface area contributed by atoms with E-state index in [1.54, 1.807) is 17.0 Å². The van der Waals surface area contributed by atoms with Gasteiger partial charge in [-0.15, -0.1) is 0 Å². The highest BCUT2D eigenvalue weighted by Gasteiger charge is 2.38. The van der Waals surface area contributed by atoms with E-state index in [1.807, 2.05) is 30.9 Å². The number of hydrogen-bond acceptors (Lipinski definition) is 4. The fourth-order valence-corrected chi connectivity index (χ4v) is 3.38. The molecule has 2 atom stereocenters. The normalized spacial score (nSPS) is 20.1. The summed E-state index contributed by atoms with van der Waals surface area (Å²) in [5, 5.41) is 11.7. The first kappa shape index (κ1) is 21.1. The summed E-state index contributed by atoms with van der Waals surface area (Å²) in [6, 6.07) is 5.71. The Morgan fingerprint density at radius 2 is 1.96 bits per heavy atom. The van der Waals surface area contributed by atoms with Gasteiger partial charge in [-0.2, -0.15) is 0 Å². The number of nitrogens with zero attached hydrogens (tertiary/aromatic N) is 2. The van der Waals surface area contributed by atoms with Gasteiger partial charge in [0.25, 0.3) is 0 Å². The van der Waals surface area contributed by atoms with Gasteiger partial charge in [-0.05, 0) is 38.0 Å². The van der Waals surface area contributed by atoms with Crippen molar-refractivity contribution in [3.63, 3.8) is 0 Å². The Bertz CT molecular complexity index is 659. The summed E-state index contributed by atoms with van der Waals surface area (Å²) in [5.74, 6) is -0.660. The van der Waals surface area contributed by atoms with Crippen molar-refractivity contribution in [2.24, 2.45) is 0 Å². The van der Waals surface area contributed by atoms with Crippen molar-refractivity contribution in [3.05, 3.63) is 41.7 Å². The summed E-state index contributed by atoms with van der Waals surface area (Å²) in [6.45, 7) is 5.69. The number of hydrogen-bond donors (Lipinski definition) is 2. The molecule has 0 aromatic heterocycles. The van der Waals surface area contributed by atoms with Crippen molar-refractivity contribution < 1.29 is 19.1 Å². The van der Waals surface area contributed by atoms with Crippen molar-refractivity contribution in [3.8, 4) is 0 Å². The van der Waals surface area contributed by atoms with Crippen molar-refractivity contribution in [1.29, 1.82) is 0 Å². The zero-order valence-electron chi connectivity index (χ0n) is 15.9. The third kappa shape index (κ3) is 5.87. The van der Waals surface area contributed by atoms with E-state index in [1.165, 1.54) is 12.1 Å². The topological polar surface area (TPSA) is 72.9 Å². The summed E-state index contributed by atoms with van der Waals surface area (Å²) in [4.78, 5) is 28.2. The minimum absolute atomic E-state index is 0.0518. The number of amides is 2. The molecule has 0 saturated carbocycles. The van der Waals surface area contributed by atoms with Gasteiger partial charge in [0, 0.05) is 32.2 Å². The standard InChI is InChI=1S/C20H28FN3O3/c1-3-23(4-2)20(27)18-12-17(22-19(26)14-25)13-24(18)11-5-6-15-7-9-16(21)10-8-15/h5-10,17-18,25H,3-4,11-14H2,1-2H3,(H,22,26)/b6-5+/t17-,18+/m1/s1. The second-order valence-corrected chi connectivity index (χ2v) is 6.59. The third-order valence-corrected chi connectivity index (χ3v) is 4.79. The first-order chi connectivity index (χ1) is 13.0. The summed E-state index contributed by atoms with van der Waals surface area (Å²) in [7, 11) is 0. The molecule has 1 heterocycles. The molecule has 0 spiro atoms.